The van der Waals surface area contributed by atoms with Gasteiger partial charge in [-0.15, -0.1) is 0 Å². The topological polar surface area (TPSA) is 70.5 Å². The molecule has 1 aromatic rings. The van der Waals surface area contributed by atoms with Gasteiger partial charge in [-0.1, -0.05) is 6.92 Å². The van der Waals surface area contributed by atoms with E-state index in [2.05, 4.69) is 4.98 Å². The molecular formula is C15H17F3N2O3. The smallest absolute Gasteiger partial charge is 0.433 e. The predicted octanol–water partition coefficient (Wildman–Crippen LogP) is 2.59. The van der Waals surface area contributed by atoms with Crippen molar-refractivity contribution < 1.29 is 27.9 Å². The highest BCUT2D eigenvalue weighted by atomic mass is 19.4. The van der Waals surface area contributed by atoms with E-state index in [0.717, 1.165) is 12.1 Å². The van der Waals surface area contributed by atoms with Crippen LogP contribution in [0.2, 0.25) is 0 Å². The fraction of sp³-hybridized carbons (Fsp3) is 0.533. The van der Waals surface area contributed by atoms with Crippen molar-refractivity contribution in [3.05, 3.63) is 29.1 Å². The molecular weight excluding hydrogens is 313 g/mol. The molecule has 1 aliphatic heterocycles. The molecule has 0 bridgehead atoms. The molecule has 0 saturated carbocycles. The predicted molar refractivity (Wildman–Crippen MR) is 74.8 cm³/mol. The number of piperidine rings is 1. The molecule has 1 saturated heterocycles. The summed E-state index contributed by atoms with van der Waals surface area (Å²) in [6, 6.07) is 1.91. The number of nitrogens with zero attached hydrogens (tertiary/aromatic N) is 2. The van der Waals surface area contributed by atoms with Crippen molar-refractivity contribution in [2.24, 2.45) is 11.8 Å². The van der Waals surface area contributed by atoms with Crippen LogP contribution in [0.15, 0.2) is 12.1 Å². The van der Waals surface area contributed by atoms with Gasteiger partial charge in [0.15, 0.2) is 0 Å². The minimum atomic E-state index is -4.55. The first-order valence-electron chi connectivity index (χ1n) is 7.18. The normalized spacial score (nSPS) is 22.0. The van der Waals surface area contributed by atoms with E-state index in [1.54, 1.807) is 6.92 Å². The van der Waals surface area contributed by atoms with Gasteiger partial charge < -0.3 is 10.0 Å². The first-order valence-corrected chi connectivity index (χ1v) is 7.18. The van der Waals surface area contributed by atoms with Gasteiger partial charge in [-0.05, 0) is 31.4 Å². The molecule has 2 heterocycles. The van der Waals surface area contributed by atoms with Crippen molar-refractivity contribution >= 4 is 11.9 Å². The zero-order valence-corrected chi connectivity index (χ0v) is 12.7. The number of pyridine rings is 1. The summed E-state index contributed by atoms with van der Waals surface area (Å²) < 4.78 is 37.8. The minimum Gasteiger partial charge on any atom is -0.481 e. The number of hydrogen-bond acceptors (Lipinski definition) is 3. The lowest BCUT2D eigenvalue weighted by molar-refractivity contribution is -0.145. The van der Waals surface area contributed by atoms with Gasteiger partial charge in [-0.3, -0.25) is 9.59 Å². The largest absolute Gasteiger partial charge is 0.481 e. The summed E-state index contributed by atoms with van der Waals surface area (Å²) in [4.78, 5) is 28.5. The van der Waals surface area contributed by atoms with E-state index >= 15 is 0 Å². The van der Waals surface area contributed by atoms with Crippen molar-refractivity contribution in [2.45, 2.75) is 26.4 Å². The van der Waals surface area contributed by atoms with E-state index < -0.39 is 29.7 Å². The lowest BCUT2D eigenvalue weighted by Gasteiger charge is -2.35. The summed E-state index contributed by atoms with van der Waals surface area (Å²) in [7, 11) is 0. The maximum Gasteiger partial charge on any atom is 0.433 e. The van der Waals surface area contributed by atoms with Crippen LogP contribution >= 0.6 is 0 Å². The Bertz CT molecular complexity index is 631. The maximum absolute atomic E-state index is 12.6. The molecule has 2 rings (SSSR count). The molecule has 1 N–H and O–H groups in total. The van der Waals surface area contributed by atoms with Gasteiger partial charge in [0.05, 0.1) is 17.2 Å². The third-order valence-electron chi connectivity index (χ3n) is 4.12. The Morgan fingerprint density at radius 3 is 2.48 bits per heavy atom. The third kappa shape index (κ3) is 3.62. The average Bonchev–Trinajstić information content (AvgIpc) is 2.45. The molecule has 0 radical (unpaired) electrons. The molecule has 1 aromatic heterocycles. The molecule has 1 aliphatic rings. The van der Waals surface area contributed by atoms with E-state index in [1.807, 2.05) is 0 Å². The molecule has 2 unspecified atom stereocenters. The zero-order chi connectivity index (χ0) is 17.4. The van der Waals surface area contributed by atoms with Crippen LogP contribution in [0.3, 0.4) is 0 Å². The molecule has 1 amide bonds. The summed E-state index contributed by atoms with van der Waals surface area (Å²) in [6.07, 6.45) is -4.23. The van der Waals surface area contributed by atoms with Crippen LogP contribution in [0.1, 0.15) is 35.1 Å². The Morgan fingerprint density at radius 2 is 2.00 bits per heavy atom. The number of carboxylic acid groups (broad SMARTS) is 1. The number of amides is 1. The van der Waals surface area contributed by atoms with E-state index in [0.29, 0.717) is 6.42 Å². The number of aliphatic carboxylic acids is 1. The second kappa shape index (κ2) is 6.17. The SMILES string of the molecule is Cc1nc(C(F)(F)F)ccc1C(=O)N1CCC(C(=O)O)C(C)C1. The number of alkyl halides is 3. The van der Waals surface area contributed by atoms with Crippen molar-refractivity contribution in [3.63, 3.8) is 0 Å². The summed E-state index contributed by atoms with van der Waals surface area (Å²) in [6.45, 7) is 3.63. The lowest BCUT2D eigenvalue weighted by atomic mass is 9.87. The summed E-state index contributed by atoms with van der Waals surface area (Å²) >= 11 is 0. The van der Waals surface area contributed by atoms with Gasteiger partial charge >= 0.3 is 12.1 Å². The number of halogens is 3. The van der Waals surface area contributed by atoms with Gasteiger partial charge in [-0.2, -0.15) is 13.2 Å². The summed E-state index contributed by atoms with van der Waals surface area (Å²) in [5.74, 6) is -2.03. The molecule has 23 heavy (non-hydrogen) atoms. The molecule has 0 spiro atoms. The fourth-order valence-corrected chi connectivity index (χ4v) is 2.81. The molecule has 126 valence electrons. The quantitative estimate of drug-likeness (QED) is 0.905. The fourth-order valence-electron chi connectivity index (χ4n) is 2.81. The molecule has 8 heteroatoms. The number of likely N-dealkylation sites (tertiary alicyclic amines) is 1. The number of carbonyl (C=O) groups excluding carboxylic acids is 1. The van der Waals surface area contributed by atoms with Gasteiger partial charge in [0.2, 0.25) is 0 Å². The van der Waals surface area contributed by atoms with Crippen LogP contribution in [0, 0.1) is 18.8 Å². The Balaban J connectivity index is 2.17. The van der Waals surface area contributed by atoms with E-state index in [4.69, 9.17) is 5.11 Å². The Labute approximate surface area is 131 Å². The van der Waals surface area contributed by atoms with Crippen molar-refractivity contribution in [1.29, 1.82) is 0 Å². The first kappa shape index (κ1) is 17.2. The Kier molecular flexibility index (Phi) is 4.63. The standard InChI is InChI=1S/C15H17F3N2O3/c1-8-7-20(6-5-10(8)14(22)23)13(21)11-3-4-12(15(16,17)18)19-9(11)2/h3-4,8,10H,5-7H2,1-2H3,(H,22,23). The van der Waals surface area contributed by atoms with Crippen LogP contribution in [0.25, 0.3) is 0 Å². The van der Waals surface area contributed by atoms with Gasteiger partial charge in [0.25, 0.3) is 5.91 Å². The van der Waals surface area contributed by atoms with Crippen LogP contribution in [0.4, 0.5) is 13.2 Å². The number of carboxylic acids is 1. The molecule has 1 fully saturated rings. The highest BCUT2D eigenvalue weighted by Crippen LogP contribution is 2.29. The number of aromatic nitrogens is 1. The maximum atomic E-state index is 12.6. The Morgan fingerprint density at radius 1 is 1.35 bits per heavy atom. The highest BCUT2D eigenvalue weighted by molar-refractivity contribution is 5.95. The van der Waals surface area contributed by atoms with Gasteiger partial charge in [-0.25, -0.2) is 4.98 Å². The monoisotopic (exact) mass is 330 g/mol. The number of carbonyl (C=O) groups is 2. The zero-order valence-electron chi connectivity index (χ0n) is 12.7. The van der Waals surface area contributed by atoms with Gasteiger partial charge in [0, 0.05) is 13.1 Å². The second-order valence-electron chi connectivity index (χ2n) is 5.79. The lowest BCUT2D eigenvalue weighted by Crippen LogP contribution is -2.45. The van der Waals surface area contributed by atoms with Crippen LogP contribution in [-0.2, 0) is 11.0 Å². The van der Waals surface area contributed by atoms with Crippen molar-refractivity contribution in [3.8, 4) is 0 Å². The molecule has 0 aliphatic carbocycles. The highest BCUT2D eigenvalue weighted by Gasteiger charge is 2.35. The summed E-state index contributed by atoms with van der Waals surface area (Å²) in [5.41, 5.74) is -0.915. The van der Waals surface area contributed by atoms with E-state index in [-0.39, 0.29) is 30.3 Å². The van der Waals surface area contributed by atoms with Crippen LogP contribution in [0.5, 0.6) is 0 Å². The molecule has 2 atom stereocenters. The van der Waals surface area contributed by atoms with E-state index in [9.17, 15) is 22.8 Å². The third-order valence-corrected chi connectivity index (χ3v) is 4.12. The average molecular weight is 330 g/mol. The minimum absolute atomic E-state index is 0.0119. The first-order chi connectivity index (χ1) is 10.6. The van der Waals surface area contributed by atoms with E-state index in [1.165, 1.54) is 11.8 Å². The number of aryl methyl sites for hydroxylation is 1. The molecule has 0 aromatic carbocycles. The second-order valence-corrected chi connectivity index (χ2v) is 5.79. The van der Waals surface area contributed by atoms with Gasteiger partial charge in [0.1, 0.15) is 5.69 Å². The Hall–Kier alpha value is -2.12. The van der Waals surface area contributed by atoms with Crippen molar-refractivity contribution in [1.82, 2.24) is 9.88 Å². The van der Waals surface area contributed by atoms with Crippen molar-refractivity contribution in [2.75, 3.05) is 13.1 Å². The van der Waals surface area contributed by atoms with Crippen LogP contribution in [-0.4, -0.2) is 40.0 Å². The summed E-state index contributed by atoms with van der Waals surface area (Å²) in [5, 5.41) is 9.08. The number of hydrogen-bond donors (Lipinski definition) is 1. The van der Waals surface area contributed by atoms with Crippen LogP contribution < -0.4 is 0 Å². The number of rotatable bonds is 2. The molecule has 5 nitrogen and oxygen atoms in total.